The zero-order valence-corrected chi connectivity index (χ0v) is 16.1. The lowest BCUT2D eigenvalue weighted by Crippen LogP contribution is -2.50. The topological polar surface area (TPSA) is 109 Å². The SMILES string of the molecule is COc1ccc(C2=NO[C@@](CC(=O)[O-])(C(=O)NCc3ccccc3)C2)c(OC)c1. The second-order valence-corrected chi connectivity index (χ2v) is 6.58. The molecule has 152 valence electrons. The van der Waals surface area contributed by atoms with Crippen LogP contribution < -0.4 is 19.9 Å². The molecule has 2 aromatic rings. The van der Waals surface area contributed by atoms with Crippen molar-refractivity contribution in [3.63, 3.8) is 0 Å². The smallest absolute Gasteiger partial charge is 0.268 e. The van der Waals surface area contributed by atoms with Gasteiger partial charge in [-0.2, -0.15) is 0 Å². The van der Waals surface area contributed by atoms with Gasteiger partial charge in [0.25, 0.3) is 5.91 Å². The van der Waals surface area contributed by atoms with Crippen LogP contribution in [0.4, 0.5) is 0 Å². The van der Waals surface area contributed by atoms with Gasteiger partial charge in [-0.3, -0.25) is 4.79 Å². The molecule has 1 amide bonds. The van der Waals surface area contributed by atoms with Crippen LogP contribution in [0.1, 0.15) is 24.0 Å². The summed E-state index contributed by atoms with van der Waals surface area (Å²) in [7, 11) is 3.03. The van der Waals surface area contributed by atoms with Crippen LogP contribution in [0.5, 0.6) is 11.5 Å². The van der Waals surface area contributed by atoms with Crippen molar-refractivity contribution in [2.24, 2.45) is 5.16 Å². The van der Waals surface area contributed by atoms with Gasteiger partial charge in [-0.15, -0.1) is 0 Å². The molecule has 0 spiro atoms. The number of nitrogens with one attached hydrogen (secondary N) is 1. The normalized spacial score (nSPS) is 17.8. The largest absolute Gasteiger partial charge is 0.550 e. The van der Waals surface area contributed by atoms with E-state index in [4.69, 9.17) is 14.3 Å². The van der Waals surface area contributed by atoms with E-state index in [1.165, 1.54) is 14.2 Å². The van der Waals surface area contributed by atoms with Crippen LogP contribution in [0.15, 0.2) is 53.7 Å². The lowest BCUT2D eigenvalue weighted by Gasteiger charge is -2.26. The summed E-state index contributed by atoms with van der Waals surface area (Å²) >= 11 is 0. The zero-order valence-electron chi connectivity index (χ0n) is 16.1. The fraction of sp³-hybridized carbons (Fsp3) is 0.286. The number of hydrogen-bond donors (Lipinski definition) is 1. The highest BCUT2D eigenvalue weighted by atomic mass is 16.7. The monoisotopic (exact) mass is 397 g/mol. The van der Waals surface area contributed by atoms with Gasteiger partial charge < -0.3 is 29.5 Å². The van der Waals surface area contributed by atoms with Crippen LogP contribution in [-0.2, 0) is 21.0 Å². The fourth-order valence-corrected chi connectivity index (χ4v) is 3.13. The van der Waals surface area contributed by atoms with E-state index in [0.717, 1.165) is 5.56 Å². The van der Waals surface area contributed by atoms with E-state index < -0.39 is 23.9 Å². The Bertz CT molecular complexity index is 928. The molecular weight excluding hydrogens is 376 g/mol. The van der Waals surface area contributed by atoms with Crippen molar-refractivity contribution in [1.82, 2.24) is 5.32 Å². The molecule has 8 nitrogen and oxygen atoms in total. The third-order valence-electron chi connectivity index (χ3n) is 4.64. The Morgan fingerprint density at radius 3 is 2.59 bits per heavy atom. The molecule has 0 saturated carbocycles. The molecule has 1 heterocycles. The first-order chi connectivity index (χ1) is 14.0. The first-order valence-corrected chi connectivity index (χ1v) is 8.97. The number of methoxy groups -OCH3 is 2. The third kappa shape index (κ3) is 4.48. The molecule has 1 aliphatic rings. The van der Waals surface area contributed by atoms with Crippen molar-refractivity contribution in [3.05, 3.63) is 59.7 Å². The number of aliphatic carboxylic acids is 1. The number of oxime groups is 1. The van der Waals surface area contributed by atoms with Gasteiger partial charge in [0.1, 0.15) is 11.5 Å². The van der Waals surface area contributed by atoms with E-state index in [2.05, 4.69) is 10.5 Å². The summed E-state index contributed by atoms with van der Waals surface area (Å²) in [6.45, 7) is 0.235. The molecule has 3 rings (SSSR count). The molecule has 2 aromatic carbocycles. The second-order valence-electron chi connectivity index (χ2n) is 6.58. The van der Waals surface area contributed by atoms with Gasteiger partial charge in [0, 0.05) is 37.0 Å². The minimum absolute atomic E-state index is 0.0374. The van der Waals surface area contributed by atoms with Crippen molar-refractivity contribution in [3.8, 4) is 11.5 Å². The van der Waals surface area contributed by atoms with E-state index in [1.54, 1.807) is 18.2 Å². The van der Waals surface area contributed by atoms with Gasteiger partial charge in [0.15, 0.2) is 0 Å². The van der Waals surface area contributed by atoms with Crippen LogP contribution in [-0.4, -0.2) is 37.4 Å². The summed E-state index contributed by atoms with van der Waals surface area (Å²) in [6, 6.07) is 14.4. The maximum absolute atomic E-state index is 12.9. The minimum Gasteiger partial charge on any atom is -0.550 e. The second kappa shape index (κ2) is 8.64. The summed E-state index contributed by atoms with van der Waals surface area (Å²) in [4.78, 5) is 29.6. The van der Waals surface area contributed by atoms with Crippen molar-refractivity contribution < 1.29 is 29.0 Å². The highest BCUT2D eigenvalue weighted by molar-refractivity contribution is 6.08. The van der Waals surface area contributed by atoms with Crippen LogP contribution in [0, 0.1) is 0 Å². The van der Waals surface area contributed by atoms with E-state index in [1.807, 2.05) is 30.3 Å². The summed E-state index contributed by atoms with van der Waals surface area (Å²) in [5.41, 5.74) is 0.179. The lowest BCUT2D eigenvalue weighted by molar-refractivity contribution is -0.309. The highest BCUT2D eigenvalue weighted by Crippen LogP contribution is 2.34. The number of benzene rings is 2. The molecule has 0 bridgehead atoms. The fourth-order valence-electron chi connectivity index (χ4n) is 3.13. The van der Waals surface area contributed by atoms with Gasteiger partial charge in [-0.25, -0.2) is 0 Å². The Kier molecular flexibility index (Phi) is 6.01. The summed E-state index contributed by atoms with van der Waals surface area (Å²) in [6.07, 6.45) is -0.663. The molecule has 0 unspecified atom stereocenters. The maximum atomic E-state index is 12.9. The third-order valence-corrected chi connectivity index (χ3v) is 4.64. The van der Waals surface area contributed by atoms with Gasteiger partial charge in [0.05, 0.1) is 19.9 Å². The molecule has 0 saturated heterocycles. The van der Waals surface area contributed by atoms with E-state index in [9.17, 15) is 14.7 Å². The van der Waals surface area contributed by atoms with Crippen molar-refractivity contribution in [2.45, 2.75) is 25.0 Å². The van der Waals surface area contributed by atoms with Crippen molar-refractivity contribution in [2.75, 3.05) is 14.2 Å². The van der Waals surface area contributed by atoms with E-state index in [-0.39, 0.29) is 13.0 Å². The van der Waals surface area contributed by atoms with Crippen molar-refractivity contribution in [1.29, 1.82) is 0 Å². The van der Waals surface area contributed by atoms with Crippen LogP contribution in [0.2, 0.25) is 0 Å². The molecule has 0 aliphatic carbocycles. The standard InChI is InChI=1S/C21H22N2O6/c1-27-15-8-9-16(18(10-15)28-2)17-11-21(29-23-17,12-19(24)25)20(26)22-13-14-6-4-3-5-7-14/h3-10H,11-13H2,1-2H3,(H,22,26)(H,24,25)/p-1/t21-/m0/s1. The van der Waals surface area contributed by atoms with Gasteiger partial charge in [0.2, 0.25) is 5.60 Å². The number of carbonyl (C=O) groups is 2. The first kappa shape index (κ1) is 20.2. The number of hydrogen-bond acceptors (Lipinski definition) is 7. The van der Waals surface area contributed by atoms with Crippen LogP contribution >= 0.6 is 0 Å². The van der Waals surface area contributed by atoms with Gasteiger partial charge in [-0.1, -0.05) is 35.5 Å². The van der Waals surface area contributed by atoms with Gasteiger partial charge in [-0.05, 0) is 17.7 Å². The number of nitrogens with zero attached hydrogens (tertiary/aromatic N) is 1. The zero-order chi connectivity index (χ0) is 20.9. The Hall–Kier alpha value is -3.55. The molecule has 0 fully saturated rings. The molecule has 0 radical (unpaired) electrons. The Balaban J connectivity index is 1.80. The Morgan fingerprint density at radius 2 is 1.93 bits per heavy atom. The summed E-state index contributed by atoms with van der Waals surface area (Å²) in [5, 5.41) is 18.0. The average molecular weight is 397 g/mol. The van der Waals surface area contributed by atoms with E-state index in [0.29, 0.717) is 22.8 Å². The number of amides is 1. The molecule has 0 aromatic heterocycles. The molecule has 29 heavy (non-hydrogen) atoms. The van der Waals surface area contributed by atoms with Crippen molar-refractivity contribution >= 4 is 17.6 Å². The van der Waals surface area contributed by atoms with Gasteiger partial charge >= 0.3 is 0 Å². The molecule has 8 heteroatoms. The number of carboxylic acid groups (broad SMARTS) is 1. The number of rotatable bonds is 8. The first-order valence-electron chi connectivity index (χ1n) is 8.97. The lowest BCUT2D eigenvalue weighted by atomic mass is 9.89. The van der Waals surface area contributed by atoms with Crippen LogP contribution in [0.3, 0.4) is 0 Å². The van der Waals surface area contributed by atoms with Crippen LogP contribution in [0.25, 0.3) is 0 Å². The maximum Gasteiger partial charge on any atom is 0.268 e. The predicted octanol–water partition coefficient (Wildman–Crippen LogP) is 1.02. The molecule has 1 N–H and O–H groups in total. The predicted molar refractivity (Wildman–Crippen MR) is 102 cm³/mol. The minimum atomic E-state index is -1.69. The average Bonchev–Trinajstić information content (AvgIpc) is 3.16. The highest BCUT2D eigenvalue weighted by Gasteiger charge is 2.47. The molecule has 1 aliphatic heterocycles. The summed E-state index contributed by atoms with van der Waals surface area (Å²) < 4.78 is 10.5. The Morgan fingerprint density at radius 1 is 1.17 bits per heavy atom. The van der Waals surface area contributed by atoms with E-state index >= 15 is 0 Å². The Labute approximate surface area is 168 Å². The molecular formula is C21H21N2O6-. The number of carboxylic acids is 1. The number of ether oxygens (including phenoxy) is 2. The summed E-state index contributed by atoms with van der Waals surface area (Å²) in [5.74, 6) is -0.915. The molecule has 1 atom stereocenters. The quantitative estimate of drug-likeness (QED) is 0.712. The number of carbonyl (C=O) groups excluding carboxylic acids is 2.